The number of hydrogen-bond acceptors (Lipinski definition) is 23. The molecule has 0 bridgehead atoms. The Morgan fingerprint density at radius 2 is 1.17 bits per heavy atom. The largest absolute Gasteiger partial charge is 0.484 e. The van der Waals surface area contributed by atoms with Crippen molar-refractivity contribution in [2.24, 2.45) is 11.8 Å². The van der Waals surface area contributed by atoms with Gasteiger partial charge in [0.25, 0.3) is 5.91 Å². The van der Waals surface area contributed by atoms with Crippen LogP contribution < -0.4 is 31.5 Å². The number of benzene rings is 7. The van der Waals surface area contributed by atoms with Crippen LogP contribution in [0.1, 0.15) is 134 Å². The summed E-state index contributed by atoms with van der Waals surface area (Å²) in [5.41, 5.74) is 7.15. The fraction of sp³-hybridized carbons (Fsp3) is 0.384. The minimum Gasteiger partial charge on any atom is -0.484 e. The number of carbonyl (C=O) groups is 3. The number of carboxylic acid groups (broad SMARTS) is 1. The molecule has 9 heterocycles. The molecule has 0 spiro atoms. The van der Waals surface area contributed by atoms with Crippen molar-refractivity contribution in [1.29, 1.82) is 0 Å². The van der Waals surface area contributed by atoms with Gasteiger partial charge in [0, 0.05) is 78.6 Å². The summed E-state index contributed by atoms with van der Waals surface area (Å²) in [5.74, 6) is -6.11. The number of anilines is 1. The molecule has 1 aliphatic carbocycles. The molecule has 2 saturated heterocycles. The smallest absolute Gasteiger partial charge is 0.422 e. The first-order valence-electron chi connectivity index (χ1n) is 45.8. The summed E-state index contributed by atoms with van der Waals surface area (Å²) in [6, 6.07) is 43.1. The highest BCUT2D eigenvalue weighted by Crippen LogP contribution is 2.44. The van der Waals surface area contributed by atoms with Crippen molar-refractivity contribution >= 4 is 40.1 Å². The van der Waals surface area contributed by atoms with E-state index in [-0.39, 0.29) is 84.8 Å². The van der Waals surface area contributed by atoms with E-state index in [1.165, 1.54) is 109 Å². The van der Waals surface area contributed by atoms with Crippen molar-refractivity contribution in [2.45, 2.75) is 158 Å². The maximum atomic E-state index is 14.1. The van der Waals surface area contributed by atoms with E-state index in [2.05, 4.69) is 132 Å². The number of H-pyrrole nitrogens is 2. The topological polar surface area (TPSA) is 415 Å². The fourth-order valence-electron chi connectivity index (χ4n) is 17.4. The fourth-order valence-corrected chi connectivity index (χ4v) is 17.4. The Morgan fingerprint density at radius 1 is 0.634 bits per heavy atom. The molecule has 6 aromatic heterocycles. The highest BCUT2D eigenvalue weighted by atomic mass is 19.4. The molecule has 3 aliphatic heterocycles. The number of carboxylic acids is 1. The maximum Gasteiger partial charge on any atom is 0.422 e. The van der Waals surface area contributed by atoms with Gasteiger partial charge in [-0.25, -0.2) is 65.4 Å². The van der Waals surface area contributed by atoms with Crippen molar-refractivity contribution in [3.8, 4) is 11.5 Å². The van der Waals surface area contributed by atoms with E-state index in [0.29, 0.717) is 12.5 Å². The molecule has 142 heavy (non-hydrogen) atoms. The van der Waals surface area contributed by atoms with Crippen molar-refractivity contribution in [3.63, 3.8) is 0 Å². The molecule has 2 amide bonds. The number of likely N-dealkylation sites (tertiary alicyclic amines) is 1. The summed E-state index contributed by atoms with van der Waals surface area (Å²) in [6.45, 7) is 10.1. The quantitative estimate of drug-likeness (QED) is 0.0187. The van der Waals surface area contributed by atoms with Gasteiger partial charge in [-0.2, -0.15) is 51.7 Å². The van der Waals surface area contributed by atoms with Crippen LogP contribution in [0.25, 0.3) is 16.5 Å². The van der Waals surface area contributed by atoms with Gasteiger partial charge in [-0.05, 0) is 187 Å². The van der Waals surface area contributed by atoms with E-state index in [1.807, 2.05) is 82.7 Å². The summed E-state index contributed by atoms with van der Waals surface area (Å²) in [6.07, 6.45) is 13.3. The molecular formula is C99H112F11N21O11. The molecule has 0 radical (unpaired) electrons. The van der Waals surface area contributed by atoms with E-state index in [9.17, 15) is 93.0 Å². The van der Waals surface area contributed by atoms with Gasteiger partial charge in [-0.3, -0.25) is 24.3 Å². The van der Waals surface area contributed by atoms with Gasteiger partial charge in [0.05, 0.1) is 55.4 Å². The third-order valence-electron chi connectivity index (χ3n) is 24.9. The molecule has 2 unspecified atom stereocenters. The number of fused-ring (bicyclic) bond motifs is 2. The molecular weight excluding hydrogens is 1870 g/mol. The number of aliphatic hydroxyl groups excluding tert-OH is 1. The predicted molar refractivity (Wildman–Crippen MR) is 502 cm³/mol. The first kappa shape index (κ1) is 107. The van der Waals surface area contributed by atoms with Crippen LogP contribution >= 0.6 is 0 Å². The lowest BCUT2D eigenvalue weighted by atomic mass is 9.72. The summed E-state index contributed by atoms with van der Waals surface area (Å²) in [4.78, 5) is 77.3. The van der Waals surface area contributed by atoms with Gasteiger partial charge < -0.3 is 66.2 Å². The highest BCUT2D eigenvalue weighted by Gasteiger charge is 2.44. The number of halogens is 11. The lowest BCUT2D eigenvalue weighted by Crippen LogP contribution is -2.47. The van der Waals surface area contributed by atoms with E-state index in [1.54, 1.807) is 26.0 Å². The number of nitrogens with zero attached hydrogens (tertiary/aromatic N) is 16. The number of aromatic nitrogens is 15. The third-order valence-corrected chi connectivity index (χ3v) is 24.9. The number of alkyl halides is 6. The van der Waals surface area contributed by atoms with Crippen LogP contribution in [0.15, 0.2) is 232 Å². The van der Waals surface area contributed by atoms with E-state index in [0.717, 1.165) is 162 Å². The Bertz CT molecular complexity index is 6050. The normalized spacial score (nSPS) is 15.9. The van der Waals surface area contributed by atoms with Gasteiger partial charge in [-0.15, -0.1) is 0 Å². The number of piperidine rings is 2. The molecule has 7 aromatic carbocycles. The van der Waals surface area contributed by atoms with Gasteiger partial charge in [0.1, 0.15) is 108 Å². The number of hydrogen-bond donors (Lipinski definition) is 10. The molecule has 17 rings (SSSR count). The van der Waals surface area contributed by atoms with Crippen LogP contribution in [0.5, 0.6) is 11.5 Å². The van der Waals surface area contributed by atoms with Crippen molar-refractivity contribution in [1.82, 2.24) is 99.3 Å². The molecule has 32 nitrogen and oxygen atoms in total. The average Bonchev–Trinajstić information content (AvgIpc) is 1.55. The summed E-state index contributed by atoms with van der Waals surface area (Å²) >= 11 is 0. The Labute approximate surface area is 809 Å². The van der Waals surface area contributed by atoms with Crippen LogP contribution in [0.2, 0.25) is 0 Å². The molecule has 43 heteroatoms. The first-order chi connectivity index (χ1) is 67.7. The number of aliphatic carboxylic acids is 1. The number of rotatable bonds is 30. The Kier molecular flexibility index (Phi) is 36.5. The number of likely N-dealkylation sites (N-methyl/N-ethyl adjacent to an activating group) is 1. The number of nitrogens with one attached hydrogen (secondary N) is 4. The van der Waals surface area contributed by atoms with E-state index in [4.69, 9.17) is 5.73 Å². The molecule has 11 N–H and O–H groups in total. The molecule has 13 aromatic rings. The molecule has 0 saturated carbocycles. The Hall–Kier alpha value is -14.0. The minimum absolute atomic E-state index is 0.0157. The number of ether oxygens (including phenoxy) is 2. The summed E-state index contributed by atoms with van der Waals surface area (Å²) in [5, 5.41) is 76.8. The number of nitrogens with two attached hydrogens (primary N) is 1. The van der Waals surface area contributed by atoms with Crippen LogP contribution in [-0.4, -0.2) is 229 Å². The average molecular weight is 1980 g/mol. The molecule has 2 fully saturated rings. The standard InChI is InChI=1S/C32H39NO4.C20H25N3O.C17H20F6N2O3.2C13H12F2N6O.C4H4FN3O/c1-31(2,30(35)36)25-17-15-24(16-18-25)29(34)14-9-21-33-22-19-28(20-23-33)32(37,26-10-5-3-6-11-26)27-12-7-4-8-13-27;1-4-23(5-2)20(24)14-9-16-15-7-6-8-17-19(15)13(11-21-17)10-18(16)22(3)12-14;18-16(19,20)9-27-12-4-5-14(28-10-17(21,22)23)13(7-12)15(26)25-8-11-3-1-2-6-24-11;2*14-10-1-2-11(12(15)3-10)13(22,4-20-8-16-6-18-20)5-21-9-17-7-19-21;5-2-1-7-4(9)8-3(2)6/h3-8,10-13,15-18,28-29,34,37H,9,14,19-23H2,1-2H3,(H,35,36);6-9,11,14,18,21H,4-5,10,12H2,1-3H3;4-5,7,11,24H,1-3,6,8-10H2,(H,25,26);2*1-3,6-9,22H,4-5H2;1H,(H3,6,7,8,9)/t;14-,18-;;;;/m.1..../s1. The van der Waals surface area contributed by atoms with Crippen molar-refractivity contribution < 1.29 is 97.7 Å². The van der Waals surface area contributed by atoms with Crippen molar-refractivity contribution in [3.05, 3.63) is 316 Å². The third kappa shape index (κ3) is 28.7. The number of amides is 2. The Balaban J connectivity index is 0.000000157. The first-order valence-corrected chi connectivity index (χ1v) is 45.8. The molecule has 4 atom stereocenters. The van der Waals surface area contributed by atoms with Gasteiger partial charge >= 0.3 is 24.0 Å². The lowest BCUT2D eigenvalue weighted by Gasteiger charge is -2.42. The number of aliphatic hydroxyl groups is 4. The predicted octanol–water partition coefficient (Wildman–Crippen LogP) is 12.8. The second-order valence-corrected chi connectivity index (χ2v) is 35.2. The zero-order chi connectivity index (χ0) is 102. The Morgan fingerprint density at radius 3 is 1.64 bits per heavy atom. The number of carbonyl (C=O) groups excluding carboxylic acids is 2. The summed E-state index contributed by atoms with van der Waals surface area (Å²) in [7, 11) is 2.15. The second-order valence-electron chi connectivity index (χ2n) is 35.2. The SMILES string of the molecule is CC(C)(C(=O)O)c1ccc(C(O)CCCN2CCC(C(O)(c3ccccc3)c3ccccc3)CC2)cc1.CCN(CC)C(=O)[C@@H]1C=C2c3cccc4[nH]cc(c34)C[C@H]2N(C)C1.Nc1[nH]c(=O)ncc1F.O=C(NCC1CCCCN1)c1cc(OCC(F)(F)F)ccc1OCC(F)(F)F.OC(Cn1cncn1)(Cn1cncn1)c1ccc(F)cc1F.OC(Cn1cncn1)(Cn1cncn1)c1ccc(F)cc1F. The van der Waals surface area contributed by atoms with Gasteiger partial charge in [0.2, 0.25) is 5.91 Å². The molecule has 756 valence electrons. The van der Waals surface area contributed by atoms with Crippen LogP contribution in [0.3, 0.4) is 0 Å². The van der Waals surface area contributed by atoms with Gasteiger partial charge in [0.15, 0.2) is 19.0 Å². The molecule has 4 aliphatic rings. The number of nitrogen functional groups attached to an aromatic ring is 1. The monoisotopic (exact) mass is 1980 g/mol. The van der Waals surface area contributed by atoms with Crippen LogP contribution in [0.4, 0.5) is 54.1 Å². The summed E-state index contributed by atoms with van der Waals surface area (Å²) < 4.78 is 155. The number of aromatic amines is 2. The van der Waals surface area contributed by atoms with E-state index < -0.39 is 106 Å². The minimum atomic E-state index is -4.63. The van der Waals surface area contributed by atoms with Crippen molar-refractivity contribution in [2.75, 3.05) is 78.4 Å². The van der Waals surface area contributed by atoms with Crippen LogP contribution in [0, 0.1) is 40.9 Å². The van der Waals surface area contributed by atoms with E-state index >= 15 is 0 Å². The lowest BCUT2D eigenvalue weighted by molar-refractivity contribution is -0.154. The van der Waals surface area contributed by atoms with Crippen LogP contribution in [-0.2, 0) is 64.4 Å². The zero-order valence-electron chi connectivity index (χ0n) is 78.4. The zero-order valence-corrected chi connectivity index (χ0v) is 78.4. The highest BCUT2D eigenvalue weighted by molar-refractivity contribution is 6.00. The second kappa shape index (κ2) is 48.5. The van der Waals surface area contributed by atoms with Gasteiger partial charge in [-0.1, -0.05) is 122 Å². The maximum absolute atomic E-state index is 14.1.